The molecule has 0 atom stereocenters. The van der Waals surface area contributed by atoms with Gasteiger partial charge in [-0.25, -0.2) is 15.0 Å². The third-order valence-corrected chi connectivity index (χ3v) is 10.1. The topological polar surface area (TPSA) is 79.3 Å². The number of imidazole rings is 5. The third-order valence-electron chi connectivity index (χ3n) is 10.1. The molecule has 0 N–H and O–H groups in total. The summed E-state index contributed by atoms with van der Waals surface area (Å²) in [5.74, 6) is 2.01. The third kappa shape index (κ3) is 2.97. The lowest BCUT2D eigenvalue weighted by molar-refractivity contribution is 0.0973. The van der Waals surface area contributed by atoms with Crippen LogP contribution in [0.15, 0.2) is 133 Å². The summed E-state index contributed by atoms with van der Waals surface area (Å²) in [6.45, 7) is 0. The molecule has 0 radical (unpaired) electrons. The molecule has 0 saturated carbocycles. The molecular formula is C40H22N8O. The summed E-state index contributed by atoms with van der Waals surface area (Å²) in [6.07, 6.45) is 0. The van der Waals surface area contributed by atoms with E-state index in [-0.39, 0.29) is 5.91 Å². The highest BCUT2D eigenvalue weighted by Gasteiger charge is 2.37. The minimum absolute atomic E-state index is 0.122. The minimum Gasteiger partial charge on any atom is -0.277 e. The second-order valence-electron chi connectivity index (χ2n) is 12.5. The number of hydrogen-bond acceptors (Lipinski definition) is 4. The monoisotopic (exact) mass is 630 g/mol. The fourth-order valence-corrected chi connectivity index (χ4v) is 8.08. The number of carbonyl (C=O) groups excluding carboxylic acids is 1. The summed E-state index contributed by atoms with van der Waals surface area (Å²) in [5.41, 5.74) is 12.3. The van der Waals surface area contributed by atoms with Gasteiger partial charge in [-0.1, -0.05) is 60.7 Å². The second-order valence-corrected chi connectivity index (χ2v) is 12.5. The van der Waals surface area contributed by atoms with E-state index in [2.05, 4.69) is 66.5 Å². The lowest BCUT2D eigenvalue weighted by Gasteiger charge is -2.15. The van der Waals surface area contributed by atoms with Gasteiger partial charge in [-0.15, -0.1) is 0 Å². The summed E-state index contributed by atoms with van der Waals surface area (Å²) in [4.78, 5) is 30.3. The predicted molar refractivity (Wildman–Crippen MR) is 191 cm³/mol. The summed E-state index contributed by atoms with van der Waals surface area (Å²) in [6, 6.07) is 44.9. The molecule has 6 heterocycles. The van der Waals surface area contributed by atoms with Gasteiger partial charge in [0.1, 0.15) is 0 Å². The highest BCUT2D eigenvalue weighted by atomic mass is 16.2. The van der Waals surface area contributed by atoms with Crippen LogP contribution >= 0.6 is 0 Å². The van der Waals surface area contributed by atoms with Gasteiger partial charge >= 0.3 is 0 Å². The van der Waals surface area contributed by atoms with E-state index in [4.69, 9.17) is 15.0 Å². The van der Waals surface area contributed by atoms with Crippen molar-refractivity contribution in [2.24, 2.45) is 0 Å². The summed E-state index contributed by atoms with van der Waals surface area (Å²) >= 11 is 0. The van der Waals surface area contributed by atoms with Gasteiger partial charge < -0.3 is 0 Å². The maximum atomic E-state index is 15.0. The molecule has 6 aromatic carbocycles. The molecular weight excluding hydrogens is 608 g/mol. The average molecular weight is 631 g/mol. The van der Waals surface area contributed by atoms with Crippen LogP contribution in [0.2, 0.25) is 0 Å². The number of nitrogens with zero attached hydrogens (tertiary/aromatic N) is 8. The first-order valence-corrected chi connectivity index (χ1v) is 16.2. The molecule has 0 saturated heterocycles. The first-order valence-electron chi connectivity index (χ1n) is 16.2. The molecule has 1 aliphatic rings. The van der Waals surface area contributed by atoms with E-state index >= 15 is 0 Å². The maximum Gasteiger partial charge on any atom is 0.267 e. The van der Waals surface area contributed by atoms with Crippen molar-refractivity contribution < 1.29 is 4.79 Å². The molecule has 228 valence electrons. The number of carbonyl (C=O) groups is 1. The Balaban J connectivity index is 1.27. The summed E-state index contributed by atoms with van der Waals surface area (Å²) in [7, 11) is 0. The van der Waals surface area contributed by atoms with Crippen LogP contribution in [0.5, 0.6) is 0 Å². The van der Waals surface area contributed by atoms with Crippen LogP contribution in [0, 0.1) is 0 Å². The zero-order valence-electron chi connectivity index (χ0n) is 25.7. The quantitative estimate of drug-likeness (QED) is 0.193. The number of aromatic nitrogens is 8. The first-order chi connectivity index (χ1) is 24.3. The van der Waals surface area contributed by atoms with Crippen LogP contribution in [0.4, 0.5) is 0 Å². The van der Waals surface area contributed by atoms with Crippen molar-refractivity contribution in [3.8, 4) is 22.8 Å². The molecule has 9 heteroatoms. The van der Waals surface area contributed by atoms with Crippen LogP contribution < -0.4 is 0 Å². The van der Waals surface area contributed by atoms with E-state index < -0.39 is 0 Å². The Bertz CT molecular complexity index is 3260. The van der Waals surface area contributed by atoms with Crippen molar-refractivity contribution >= 4 is 72.6 Å². The Labute approximate surface area is 276 Å². The van der Waals surface area contributed by atoms with Gasteiger partial charge in [0.15, 0.2) is 5.82 Å². The van der Waals surface area contributed by atoms with E-state index in [1.807, 2.05) is 84.9 Å². The maximum absolute atomic E-state index is 15.0. The molecule has 12 rings (SSSR count). The number of benzene rings is 6. The number of hydrogen-bond donors (Lipinski definition) is 0. The Hall–Kier alpha value is -7.00. The van der Waals surface area contributed by atoms with Crippen molar-refractivity contribution in [2.75, 3.05) is 0 Å². The van der Waals surface area contributed by atoms with E-state index in [0.29, 0.717) is 11.4 Å². The fraction of sp³-hybridized carbons (Fsp3) is 0. The van der Waals surface area contributed by atoms with Crippen LogP contribution in [-0.4, -0.2) is 43.4 Å². The molecule has 0 spiro atoms. The zero-order valence-corrected chi connectivity index (χ0v) is 25.7. The fourth-order valence-electron chi connectivity index (χ4n) is 8.08. The van der Waals surface area contributed by atoms with Crippen LogP contribution in [-0.2, 0) is 0 Å². The van der Waals surface area contributed by atoms with Gasteiger partial charge in [0.05, 0.1) is 77.7 Å². The lowest BCUT2D eigenvalue weighted by atomic mass is 10.0. The van der Waals surface area contributed by atoms with Crippen molar-refractivity contribution in [1.29, 1.82) is 0 Å². The van der Waals surface area contributed by atoms with E-state index in [9.17, 15) is 4.79 Å². The zero-order chi connectivity index (χ0) is 32.0. The Kier molecular flexibility index (Phi) is 4.45. The predicted octanol–water partition coefficient (Wildman–Crippen LogP) is 8.19. The highest BCUT2D eigenvalue weighted by Crippen LogP contribution is 2.44. The van der Waals surface area contributed by atoms with E-state index in [0.717, 1.165) is 83.7 Å². The summed E-state index contributed by atoms with van der Waals surface area (Å²) in [5, 5.41) is 0. The molecule has 0 bridgehead atoms. The van der Waals surface area contributed by atoms with Gasteiger partial charge in [0.25, 0.3) is 5.91 Å². The molecule has 0 fully saturated rings. The van der Waals surface area contributed by atoms with Crippen molar-refractivity contribution in [3.05, 3.63) is 139 Å². The number of para-hydroxylation sites is 10. The molecule has 5 aromatic heterocycles. The Morgan fingerprint density at radius 3 is 1.31 bits per heavy atom. The van der Waals surface area contributed by atoms with Crippen LogP contribution in [0.3, 0.4) is 0 Å². The standard InChI is InChI=1S/C40H22N8O/c49-38-36-34(47-32-20-10-8-18-30(32)45-27-15-5-3-13-25(27)43-40(45)47)22-21-33(35(36)37-41-23-11-1-6-16-28(23)48(37)38)46-31-19-9-7-17-29(31)44-26-14-4-2-12-24(26)42-39(44)46/h1-22H. The average Bonchev–Trinajstić information content (AvgIpc) is 3.96. The van der Waals surface area contributed by atoms with E-state index in [1.165, 1.54) is 0 Å². The number of rotatable bonds is 2. The van der Waals surface area contributed by atoms with Crippen LogP contribution in [0.1, 0.15) is 10.4 Å². The molecule has 9 nitrogen and oxygen atoms in total. The van der Waals surface area contributed by atoms with Gasteiger partial charge in [0, 0.05) is 0 Å². The van der Waals surface area contributed by atoms with Crippen LogP contribution in [0.25, 0.3) is 89.5 Å². The summed E-state index contributed by atoms with van der Waals surface area (Å²) < 4.78 is 10.4. The largest absolute Gasteiger partial charge is 0.277 e. The first kappa shape index (κ1) is 25.1. The SMILES string of the molecule is O=C1c2c(-n3c4ccccc4n4c5ccccc5nc34)ccc(-n3c4ccccc4n4c5ccccc5nc34)c2-c2nc3ccccc3n21. The molecule has 0 unspecified atom stereocenters. The Morgan fingerprint density at radius 1 is 0.367 bits per heavy atom. The van der Waals surface area contributed by atoms with Crippen molar-refractivity contribution in [1.82, 2.24) is 37.5 Å². The molecule has 11 aromatic rings. The van der Waals surface area contributed by atoms with Gasteiger partial charge in [-0.05, 0) is 72.8 Å². The van der Waals surface area contributed by atoms with Gasteiger partial charge in [-0.2, -0.15) is 0 Å². The lowest BCUT2D eigenvalue weighted by Crippen LogP contribution is -2.11. The Morgan fingerprint density at radius 2 is 0.776 bits per heavy atom. The van der Waals surface area contributed by atoms with Crippen molar-refractivity contribution in [2.45, 2.75) is 0 Å². The molecule has 49 heavy (non-hydrogen) atoms. The minimum atomic E-state index is -0.122. The number of fused-ring (bicyclic) bond motifs is 15. The molecule has 1 aliphatic heterocycles. The highest BCUT2D eigenvalue weighted by molar-refractivity contribution is 6.17. The molecule has 0 amide bonds. The normalized spacial score (nSPS) is 12.9. The van der Waals surface area contributed by atoms with Gasteiger partial charge in [-0.3, -0.25) is 27.3 Å². The van der Waals surface area contributed by atoms with Crippen molar-refractivity contribution in [3.63, 3.8) is 0 Å². The van der Waals surface area contributed by atoms with Gasteiger partial charge in [0.2, 0.25) is 11.6 Å². The van der Waals surface area contributed by atoms with E-state index in [1.54, 1.807) is 4.57 Å². The molecule has 0 aliphatic carbocycles. The smallest absolute Gasteiger partial charge is 0.267 e. The second kappa shape index (κ2) is 8.67.